The molecule has 0 radical (unpaired) electrons. The molecule has 1 aliphatic heterocycles. The number of aryl methyl sites for hydroxylation is 1. The van der Waals surface area contributed by atoms with Crippen LogP contribution in [0.3, 0.4) is 0 Å². The van der Waals surface area contributed by atoms with Gasteiger partial charge in [-0.1, -0.05) is 79.8 Å². The van der Waals surface area contributed by atoms with Crippen LogP contribution in [-0.2, 0) is 14.3 Å². The molecule has 1 aliphatic rings. The van der Waals surface area contributed by atoms with Crippen LogP contribution in [-0.4, -0.2) is 34.9 Å². The molecule has 8 heteroatoms. The standard InChI is InChI=1S/C26H24N2O5S/c1-14(2)16-10-12-17(13-11-16)20-19(21(29)18-8-6-5-7-9-18)22(30)24(31)28(20)26-27-15(3)23(34-26)25(32)33-4/h5-14,20,29H,1-4H3/b21-19+/t20-/m0/s1. The van der Waals surface area contributed by atoms with Crippen LogP contribution in [0.4, 0.5) is 5.13 Å². The number of hydrogen-bond acceptors (Lipinski definition) is 7. The van der Waals surface area contributed by atoms with Crippen LogP contribution >= 0.6 is 11.3 Å². The number of methoxy groups -OCH3 is 1. The van der Waals surface area contributed by atoms with E-state index in [1.807, 2.05) is 24.3 Å². The number of thiazole rings is 1. The number of nitrogens with zero attached hydrogens (tertiary/aromatic N) is 2. The minimum absolute atomic E-state index is 0.0269. The van der Waals surface area contributed by atoms with Crippen molar-refractivity contribution in [3.63, 3.8) is 0 Å². The number of Topliss-reactive ketones (excluding diaryl/α,β-unsaturated/α-hetero) is 1. The summed E-state index contributed by atoms with van der Waals surface area (Å²) in [5, 5.41) is 11.3. The topological polar surface area (TPSA) is 96.8 Å². The number of benzene rings is 2. The van der Waals surface area contributed by atoms with Crippen molar-refractivity contribution >= 4 is 39.9 Å². The van der Waals surface area contributed by atoms with Gasteiger partial charge in [0.25, 0.3) is 5.78 Å². The Morgan fingerprint density at radius 2 is 1.74 bits per heavy atom. The number of aromatic nitrogens is 1. The minimum atomic E-state index is -0.905. The van der Waals surface area contributed by atoms with E-state index < -0.39 is 23.7 Å². The number of rotatable bonds is 5. The van der Waals surface area contributed by atoms with Gasteiger partial charge < -0.3 is 9.84 Å². The third-order valence-electron chi connectivity index (χ3n) is 5.77. The Hall–Kier alpha value is -3.78. The molecule has 0 saturated carbocycles. The van der Waals surface area contributed by atoms with Crippen LogP contribution in [0.5, 0.6) is 0 Å². The monoisotopic (exact) mass is 476 g/mol. The van der Waals surface area contributed by atoms with Crippen LogP contribution in [0.15, 0.2) is 60.2 Å². The molecule has 1 aromatic heterocycles. The first kappa shape index (κ1) is 23.4. The number of ketones is 1. The number of aliphatic hydroxyl groups is 1. The van der Waals surface area contributed by atoms with Gasteiger partial charge in [-0.05, 0) is 24.0 Å². The minimum Gasteiger partial charge on any atom is -0.507 e. The summed E-state index contributed by atoms with van der Waals surface area (Å²) < 4.78 is 4.82. The third kappa shape index (κ3) is 4.01. The van der Waals surface area contributed by atoms with E-state index in [0.29, 0.717) is 22.7 Å². The molecule has 1 fully saturated rings. The SMILES string of the molecule is COC(=O)c1sc(N2C(=O)C(=O)/C(=C(/O)c3ccccc3)[C@@H]2c2ccc(C(C)C)cc2)nc1C. The second-order valence-electron chi connectivity index (χ2n) is 8.26. The zero-order chi connectivity index (χ0) is 24.6. The largest absolute Gasteiger partial charge is 0.507 e. The fourth-order valence-corrected chi connectivity index (χ4v) is 4.94. The van der Waals surface area contributed by atoms with Crippen LogP contribution < -0.4 is 4.90 Å². The number of carbonyl (C=O) groups is 3. The van der Waals surface area contributed by atoms with Gasteiger partial charge in [0.2, 0.25) is 0 Å². The normalized spacial score (nSPS) is 17.4. The van der Waals surface area contributed by atoms with E-state index in [1.165, 1.54) is 12.0 Å². The molecule has 1 saturated heterocycles. The van der Waals surface area contributed by atoms with Crippen molar-refractivity contribution in [3.05, 3.63) is 87.4 Å². The van der Waals surface area contributed by atoms with Gasteiger partial charge in [-0.2, -0.15) is 0 Å². The molecular weight excluding hydrogens is 452 g/mol. The first-order chi connectivity index (χ1) is 16.2. The highest BCUT2D eigenvalue weighted by Crippen LogP contribution is 2.44. The molecule has 1 amide bonds. The van der Waals surface area contributed by atoms with Gasteiger partial charge in [-0.15, -0.1) is 0 Å². The van der Waals surface area contributed by atoms with Crippen molar-refractivity contribution in [3.8, 4) is 0 Å². The van der Waals surface area contributed by atoms with E-state index in [0.717, 1.165) is 16.9 Å². The fraction of sp³-hybridized carbons (Fsp3) is 0.231. The average molecular weight is 477 g/mol. The van der Waals surface area contributed by atoms with Gasteiger partial charge in [0, 0.05) is 5.56 Å². The average Bonchev–Trinajstić information content (AvgIpc) is 3.35. The van der Waals surface area contributed by atoms with Crippen LogP contribution in [0, 0.1) is 6.92 Å². The lowest BCUT2D eigenvalue weighted by Gasteiger charge is -2.23. The van der Waals surface area contributed by atoms with Gasteiger partial charge in [-0.3, -0.25) is 14.5 Å². The molecule has 4 rings (SSSR count). The Bertz CT molecular complexity index is 1290. The fourth-order valence-electron chi connectivity index (χ4n) is 3.93. The predicted octanol–water partition coefficient (Wildman–Crippen LogP) is 4.99. The van der Waals surface area contributed by atoms with Gasteiger partial charge in [0.1, 0.15) is 10.6 Å². The second-order valence-corrected chi connectivity index (χ2v) is 9.24. The van der Waals surface area contributed by atoms with E-state index in [4.69, 9.17) is 4.74 Å². The Kier molecular flexibility index (Phi) is 6.34. The molecule has 0 aliphatic carbocycles. The van der Waals surface area contributed by atoms with E-state index >= 15 is 0 Å². The number of ether oxygens (including phenoxy) is 1. The smallest absolute Gasteiger partial charge is 0.350 e. The second kappa shape index (κ2) is 9.23. The number of anilines is 1. The predicted molar refractivity (Wildman–Crippen MR) is 130 cm³/mol. The maximum atomic E-state index is 13.3. The molecule has 174 valence electrons. The Morgan fingerprint density at radius 1 is 1.09 bits per heavy atom. The highest BCUT2D eigenvalue weighted by molar-refractivity contribution is 7.17. The Balaban J connectivity index is 1.92. The summed E-state index contributed by atoms with van der Waals surface area (Å²) in [5.74, 6) is -2.16. The molecular formula is C26H24N2O5S. The lowest BCUT2D eigenvalue weighted by molar-refractivity contribution is -0.132. The number of hydrogen-bond donors (Lipinski definition) is 1. The number of amides is 1. The molecule has 0 spiro atoms. The maximum Gasteiger partial charge on any atom is 0.350 e. The number of aliphatic hydroxyl groups excluding tert-OH is 1. The summed E-state index contributed by atoms with van der Waals surface area (Å²) in [5.41, 5.74) is 2.54. The van der Waals surface area contributed by atoms with Crippen molar-refractivity contribution in [2.24, 2.45) is 0 Å². The van der Waals surface area contributed by atoms with Crippen LogP contribution in [0.2, 0.25) is 0 Å². The summed E-state index contributed by atoms with van der Waals surface area (Å²) in [6.45, 7) is 5.78. The Labute approximate surface area is 201 Å². The lowest BCUT2D eigenvalue weighted by Crippen LogP contribution is -2.29. The molecule has 3 aromatic rings. The van der Waals surface area contributed by atoms with Crippen molar-refractivity contribution < 1.29 is 24.2 Å². The zero-order valence-corrected chi connectivity index (χ0v) is 20.1. The Morgan fingerprint density at radius 3 is 2.32 bits per heavy atom. The van der Waals surface area contributed by atoms with Gasteiger partial charge in [-0.25, -0.2) is 9.78 Å². The lowest BCUT2D eigenvalue weighted by atomic mass is 9.93. The first-order valence-electron chi connectivity index (χ1n) is 10.8. The van der Waals surface area contributed by atoms with Crippen molar-refractivity contribution in [2.45, 2.75) is 32.7 Å². The van der Waals surface area contributed by atoms with Crippen LogP contribution in [0.1, 0.15) is 57.9 Å². The highest BCUT2D eigenvalue weighted by Gasteiger charge is 2.48. The molecule has 1 N–H and O–H groups in total. The van der Waals surface area contributed by atoms with Gasteiger partial charge >= 0.3 is 11.9 Å². The van der Waals surface area contributed by atoms with Crippen molar-refractivity contribution in [1.29, 1.82) is 0 Å². The van der Waals surface area contributed by atoms with Crippen molar-refractivity contribution in [1.82, 2.24) is 4.98 Å². The zero-order valence-electron chi connectivity index (χ0n) is 19.2. The first-order valence-corrected chi connectivity index (χ1v) is 11.6. The molecule has 0 unspecified atom stereocenters. The van der Waals surface area contributed by atoms with Gasteiger partial charge in [0.15, 0.2) is 5.13 Å². The van der Waals surface area contributed by atoms with E-state index in [9.17, 15) is 19.5 Å². The maximum absolute atomic E-state index is 13.3. The molecule has 2 aromatic carbocycles. The number of carbonyl (C=O) groups excluding carboxylic acids is 3. The molecule has 34 heavy (non-hydrogen) atoms. The van der Waals surface area contributed by atoms with E-state index in [1.54, 1.807) is 37.3 Å². The summed E-state index contributed by atoms with van der Waals surface area (Å²) >= 11 is 0.974. The quantitative estimate of drug-likeness (QED) is 0.241. The molecule has 2 heterocycles. The van der Waals surface area contributed by atoms with Crippen LogP contribution in [0.25, 0.3) is 5.76 Å². The summed E-state index contributed by atoms with van der Waals surface area (Å²) in [7, 11) is 1.27. The molecule has 0 bridgehead atoms. The van der Waals surface area contributed by atoms with E-state index in [-0.39, 0.29) is 21.3 Å². The number of esters is 1. The van der Waals surface area contributed by atoms with Gasteiger partial charge in [0.05, 0.1) is 24.4 Å². The highest BCUT2D eigenvalue weighted by atomic mass is 32.1. The molecule has 1 atom stereocenters. The van der Waals surface area contributed by atoms with E-state index in [2.05, 4.69) is 18.8 Å². The van der Waals surface area contributed by atoms with Crippen molar-refractivity contribution in [2.75, 3.05) is 12.0 Å². The summed E-state index contributed by atoms with van der Waals surface area (Å²) in [6, 6.07) is 15.3. The summed E-state index contributed by atoms with van der Waals surface area (Å²) in [4.78, 5) is 44.5. The molecule has 7 nitrogen and oxygen atoms in total. The third-order valence-corrected chi connectivity index (χ3v) is 6.91. The summed E-state index contributed by atoms with van der Waals surface area (Å²) in [6.07, 6.45) is 0.